The highest BCUT2D eigenvalue weighted by Crippen LogP contribution is 1.94. The lowest BCUT2D eigenvalue weighted by molar-refractivity contribution is 0.315. The minimum atomic E-state index is 0.630. The van der Waals surface area contributed by atoms with Crippen molar-refractivity contribution in [1.82, 2.24) is 10.6 Å². The van der Waals surface area contributed by atoms with Crippen molar-refractivity contribution in [3.63, 3.8) is 0 Å². The van der Waals surface area contributed by atoms with Gasteiger partial charge < -0.3 is 10.6 Å². The average molecular weight is 100 g/mol. The summed E-state index contributed by atoms with van der Waals surface area (Å²) in [5, 5.41) is 6.51. The van der Waals surface area contributed by atoms with Crippen molar-refractivity contribution in [2.45, 2.75) is 19.5 Å². The second-order valence-electron chi connectivity index (χ2n) is 1.85. The zero-order valence-electron chi connectivity index (χ0n) is 4.70. The molecule has 1 atom stereocenters. The molecule has 0 saturated carbocycles. The Bertz CT molecular complexity index is 50.0. The molecule has 7 heavy (non-hydrogen) atoms. The Morgan fingerprint density at radius 3 is 2.71 bits per heavy atom. The van der Waals surface area contributed by atoms with Crippen LogP contribution in [0.15, 0.2) is 0 Å². The van der Waals surface area contributed by atoms with E-state index < -0.39 is 0 Å². The molecule has 0 aromatic rings. The fourth-order valence-electron chi connectivity index (χ4n) is 0.709. The average Bonchev–Trinajstić information content (AvgIpc) is 1.55. The van der Waals surface area contributed by atoms with Gasteiger partial charge >= 0.3 is 0 Å². The highest BCUT2D eigenvalue weighted by molar-refractivity contribution is 4.73. The summed E-state index contributed by atoms with van der Waals surface area (Å²) in [5.41, 5.74) is 0. The summed E-state index contributed by atoms with van der Waals surface area (Å²) in [6.45, 7) is 4.40. The first-order chi connectivity index (χ1) is 3.43. The van der Waals surface area contributed by atoms with Crippen molar-refractivity contribution in [3.05, 3.63) is 0 Å². The van der Waals surface area contributed by atoms with Crippen LogP contribution in [0.1, 0.15) is 13.3 Å². The van der Waals surface area contributed by atoms with Crippen LogP contribution in [0.2, 0.25) is 0 Å². The molecule has 0 aliphatic carbocycles. The lowest BCUT2D eigenvalue weighted by Gasteiger charge is -2.27. The van der Waals surface area contributed by atoms with Gasteiger partial charge in [-0.3, -0.25) is 0 Å². The quantitative estimate of drug-likeness (QED) is 0.507. The molecule has 0 bridgehead atoms. The van der Waals surface area contributed by atoms with Crippen LogP contribution in [-0.4, -0.2) is 19.3 Å². The van der Waals surface area contributed by atoms with Crippen LogP contribution < -0.4 is 10.6 Å². The molecule has 1 heterocycles. The van der Waals surface area contributed by atoms with Crippen LogP contribution in [-0.2, 0) is 0 Å². The van der Waals surface area contributed by atoms with Gasteiger partial charge in [-0.15, -0.1) is 0 Å². The number of hydrogen-bond acceptors (Lipinski definition) is 2. The maximum atomic E-state index is 3.27. The summed E-state index contributed by atoms with van der Waals surface area (Å²) in [4.78, 5) is 0. The molecule has 42 valence electrons. The number of nitrogens with one attached hydrogen (secondary N) is 2. The van der Waals surface area contributed by atoms with Crippen molar-refractivity contribution in [1.29, 1.82) is 0 Å². The molecule has 2 N–H and O–H groups in total. The van der Waals surface area contributed by atoms with Crippen molar-refractivity contribution < 1.29 is 0 Å². The largest absolute Gasteiger partial charge is 0.302 e. The molecule has 0 amide bonds. The standard InChI is InChI=1S/C5H12N2/c1-2-6-5-3-4-7-5/h5-7H,2-4H2,1H3. The minimum Gasteiger partial charge on any atom is -0.302 e. The van der Waals surface area contributed by atoms with Gasteiger partial charge in [-0.05, 0) is 19.5 Å². The van der Waals surface area contributed by atoms with E-state index in [1.54, 1.807) is 0 Å². The Hall–Kier alpha value is -0.0800. The first-order valence-electron chi connectivity index (χ1n) is 2.90. The predicted molar refractivity (Wildman–Crippen MR) is 30.1 cm³/mol. The molecule has 0 aromatic carbocycles. The Morgan fingerprint density at radius 2 is 2.57 bits per heavy atom. The molecule has 0 aromatic heterocycles. The molecule has 1 aliphatic rings. The molecular weight excluding hydrogens is 88.1 g/mol. The van der Waals surface area contributed by atoms with Gasteiger partial charge in [-0.1, -0.05) is 6.92 Å². The molecule has 1 aliphatic heterocycles. The van der Waals surface area contributed by atoms with Gasteiger partial charge in [0.05, 0.1) is 6.17 Å². The Labute approximate surface area is 44.3 Å². The number of hydrogen-bond donors (Lipinski definition) is 2. The van der Waals surface area contributed by atoms with Crippen LogP contribution in [0.4, 0.5) is 0 Å². The normalized spacial score (nSPS) is 29.6. The Morgan fingerprint density at radius 1 is 1.86 bits per heavy atom. The second-order valence-corrected chi connectivity index (χ2v) is 1.85. The van der Waals surface area contributed by atoms with E-state index in [0.29, 0.717) is 6.17 Å². The van der Waals surface area contributed by atoms with Crippen molar-refractivity contribution in [2.75, 3.05) is 13.1 Å². The highest BCUT2D eigenvalue weighted by atomic mass is 15.2. The van der Waals surface area contributed by atoms with Gasteiger partial charge in [0.15, 0.2) is 0 Å². The lowest BCUT2D eigenvalue weighted by Crippen LogP contribution is -2.52. The van der Waals surface area contributed by atoms with Crippen LogP contribution in [0, 0.1) is 0 Å². The van der Waals surface area contributed by atoms with Crippen molar-refractivity contribution in [2.24, 2.45) is 0 Å². The zero-order valence-corrected chi connectivity index (χ0v) is 4.70. The van der Waals surface area contributed by atoms with E-state index in [9.17, 15) is 0 Å². The van der Waals surface area contributed by atoms with E-state index in [0.717, 1.165) is 6.54 Å². The molecule has 1 saturated heterocycles. The zero-order chi connectivity index (χ0) is 5.11. The Kier molecular flexibility index (Phi) is 1.65. The topological polar surface area (TPSA) is 24.1 Å². The summed E-state index contributed by atoms with van der Waals surface area (Å²) in [5.74, 6) is 0. The van der Waals surface area contributed by atoms with E-state index in [1.165, 1.54) is 13.0 Å². The molecule has 1 fully saturated rings. The lowest BCUT2D eigenvalue weighted by atomic mass is 10.2. The van der Waals surface area contributed by atoms with Gasteiger partial charge in [-0.2, -0.15) is 0 Å². The summed E-state index contributed by atoms with van der Waals surface area (Å²) in [7, 11) is 0. The van der Waals surface area contributed by atoms with Crippen molar-refractivity contribution >= 4 is 0 Å². The maximum absolute atomic E-state index is 3.27. The van der Waals surface area contributed by atoms with E-state index in [-0.39, 0.29) is 0 Å². The van der Waals surface area contributed by atoms with Gasteiger partial charge in [-0.25, -0.2) is 0 Å². The third-order valence-electron chi connectivity index (χ3n) is 1.27. The minimum absolute atomic E-state index is 0.630. The highest BCUT2D eigenvalue weighted by Gasteiger charge is 2.12. The molecule has 0 spiro atoms. The smallest absolute Gasteiger partial charge is 0.0583 e. The molecular formula is C5H12N2. The third kappa shape index (κ3) is 1.14. The molecule has 1 unspecified atom stereocenters. The van der Waals surface area contributed by atoms with Crippen LogP contribution in [0.5, 0.6) is 0 Å². The molecule has 2 nitrogen and oxygen atoms in total. The molecule has 0 radical (unpaired) electrons. The van der Waals surface area contributed by atoms with Gasteiger partial charge in [0.1, 0.15) is 0 Å². The summed E-state index contributed by atoms with van der Waals surface area (Å²) in [6.07, 6.45) is 1.93. The SMILES string of the molecule is CCNC1CCN1. The van der Waals surface area contributed by atoms with E-state index in [1.807, 2.05) is 0 Å². The number of rotatable bonds is 2. The van der Waals surface area contributed by atoms with Gasteiger partial charge in [0.2, 0.25) is 0 Å². The Balaban J connectivity index is 1.93. The summed E-state index contributed by atoms with van der Waals surface area (Å²) >= 11 is 0. The fourth-order valence-corrected chi connectivity index (χ4v) is 0.709. The maximum Gasteiger partial charge on any atom is 0.0583 e. The summed E-state index contributed by atoms with van der Waals surface area (Å²) < 4.78 is 0. The van der Waals surface area contributed by atoms with E-state index in [4.69, 9.17) is 0 Å². The monoisotopic (exact) mass is 100 g/mol. The first kappa shape index (κ1) is 5.06. The van der Waals surface area contributed by atoms with Gasteiger partial charge in [0.25, 0.3) is 0 Å². The molecule has 2 heteroatoms. The summed E-state index contributed by atoms with van der Waals surface area (Å²) in [6, 6.07) is 0. The van der Waals surface area contributed by atoms with Crippen LogP contribution in [0.3, 0.4) is 0 Å². The third-order valence-corrected chi connectivity index (χ3v) is 1.27. The second kappa shape index (κ2) is 2.28. The van der Waals surface area contributed by atoms with E-state index in [2.05, 4.69) is 17.6 Å². The fraction of sp³-hybridized carbons (Fsp3) is 1.00. The van der Waals surface area contributed by atoms with Crippen LogP contribution >= 0.6 is 0 Å². The van der Waals surface area contributed by atoms with Crippen LogP contribution in [0.25, 0.3) is 0 Å². The van der Waals surface area contributed by atoms with E-state index >= 15 is 0 Å². The first-order valence-corrected chi connectivity index (χ1v) is 2.90. The van der Waals surface area contributed by atoms with Crippen molar-refractivity contribution in [3.8, 4) is 0 Å². The predicted octanol–water partition coefficient (Wildman–Crippen LogP) is -0.0847. The van der Waals surface area contributed by atoms with Gasteiger partial charge in [0, 0.05) is 0 Å². The molecule has 1 rings (SSSR count).